The predicted octanol–water partition coefficient (Wildman–Crippen LogP) is 1.03. The molecule has 1 atom stereocenters. The number of aromatic nitrogens is 2. The Morgan fingerprint density at radius 1 is 1.50 bits per heavy atom. The van der Waals surface area contributed by atoms with Crippen molar-refractivity contribution in [1.29, 1.82) is 0 Å². The van der Waals surface area contributed by atoms with Gasteiger partial charge in [0.1, 0.15) is 11.8 Å². The summed E-state index contributed by atoms with van der Waals surface area (Å²) in [7, 11) is 1.43. The van der Waals surface area contributed by atoms with Crippen molar-refractivity contribution in [2.45, 2.75) is 50.3 Å². The van der Waals surface area contributed by atoms with Gasteiger partial charge in [-0.25, -0.2) is 13.8 Å². The minimum absolute atomic E-state index is 0.0895. The number of alkyl halides is 2. The molecule has 1 saturated carbocycles. The second-order valence-electron chi connectivity index (χ2n) is 6.04. The molecule has 1 saturated heterocycles. The largest absolute Gasteiger partial charge is 0.480 e. The third kappa shape index (κ3) is 3.89. The number of nitrogens with zero attached hydrogens (tertiary/aromatic N) is 2. The molecule has 7 nitrogen and oxygen atoms in total. The van der Waals surface area contributed by atoms with E-state index < -0.39 is 12.0 Å². The molecule has 3 rings (SSSR count). The molecule has 0 unspecified atom stereocenters. The molecule has 2 fully saturated rings. The second kappa shape index (κ2) is 6.84. The van der Waals surface area contributed by atoms with Gasteiger partial charge in [0.2, 0.25) is 17.7 Å². The maximum Gasteiger partial charge on any atom is 0.255 e. The summed E-state index contributed by atoms with van der Waals surface area (Å²) in [6.45, 7) is 1.02. The Balaban J connectivity index is 1.56. The molecule has 1 amide bonds. The number of rotatable bonds is 6. The van der Waals surface area contributed by atoms with Gasteiger partial charge in [-0.15, -0.1) is 0 Å². The van der Waals surface area contributed by atoms with Crippen LogP contribution in [0.3, 0.4) is 0 Å². The molecule has 2 heterocycles. The summed E-state index contributed by atoms with van der Waals surface area (Å²) in [6.07, 6.45) is 1.96. The lowest BCUT2D eigenvalue weighted by Gasteiger charge is -2.34. The molecular formula is C15H20F2N4O3. The van der Waals surface area contributed by atoms with E-state index in [0.717, 1.165) is 19.4 Å². The molecule has 0 spiro atoms. The zero-order chi connectivity index (χ0) is 17.2. The number of nitrogens with one attached hydrogen (secondary N) is 2. The molecule has 1 aliphatic heterocycles. The van der Waals surface area contributed by atoms with Crippen LogP contribution in [0.2, 0.25) is 0 Å². The Bertz CT molecular complexity index is 600. The third-order valence-corrected chi connectivity index (χ3v) is 4.13. The van der Waals surface area contributed by atoms with Crippen LogP contribution in [-0.2, 0) is 11.3 Å². The van der Waals surface area contributed by atoms with E-state index in [2.05, 4.69) is 20.6 Å². The van der Waals surface area contributed by atoms with E-state index in [1.165, 1.54) is 13.3 Å². The predicted molar refractivity (Wildman–Crippen MR) is 80.1 cm³/mol. The van der Waals surface area contributed by atoms with Crippen LogP contribution >= 0.6 is 0 Å². The first kappa shape index (κ1) is 16.8. The van der Waals surface area contributed by atoms with E-state index in [1.807, 2.05) is 0 Å². The fraction of sp³-hybridized carbons (Fsp3) is 0.667. The van der Waals surface area contributed by atoms with E-state index >= 15 is 0 Å². The van der Waals surface area contributed by atoms with Crippen molar-refractivity contribution in [3.8, 4) is 11.8 Å². The number of hydrogen-bond donors (Lipinski definition) is 2. The van der Waals surface area contributed by atoms with E-state index in [1.54, 1.807) is 0 Å². The molecule has 0 bridgehead atoms. The van der Waals surface area contributed by atoms with Gasteiger partial charge in [0.15, 0.2) is 0 Å². The highest BCUT2D eigenvalue weighted by molar-refractivity contribution is 5.81. The van der Waals surface area contributed by atoms with Gasteiger partial charge in [0, 0.05) is 12.8 Å². The minimum Gasteiger partial charge on any atom is -0.480 e. The molecule has 0 aromatic carbocycles. The van der Waals surface area contributed by atoms with Gasteiger partial charge in [-0.1, -0.05) is 0 Å². The molecule has 24 heavy (non-hydrogen) atoms. The van der Waals surface area contributed by atoms with Gasteiger partial charge in [-0.2, -0.15) is 4.98 Å². The molecule has 1 aliphatic carbocycles. The van der Waals surface area contributed by atoms with Crippen LogP contribution < -0.4 is 20.1 Å². The maximum atomic E-state index is 12.8. The fourth-order valence-corrected chi connectivity index (χ4v) is 2.79. The summed E-state index contributed by atoms with van der Waals surface area (Å²) in [5.74, 6) is -2.40. The summed E-state index contributed by atoms with van der Waals surface area (Å²) in [4.78, 5) is 20.3. The van der Waals surface area contributed by atoms with Crippen LogP contribution in [0.15, 0.2) is 6.20 Å². The molecule has 1 aromatic heterocycles. The summed E-state index contributed by atoms with van der Waals surface area (Å²) < 4.78 is 36.1. The maximum absolute atomic E-state index is 12.8. The minimum atomic E-state index is -2.65. The number of amides is 1. The SMILES string of the molecule is COc1nc(OC2CC(F)(F)C2)cnc1CNC(=O)[C@@H]1CCCN1. The highest BCUT2D eigenvalue weighted by Crippen LogP contribution is 2.39. The van der Waals surface area contributed by atoms with Crippen molar-refractivity contribution in [2.24, 2.45) is 0 Å². The Morgan fingerprint density at radius 3 is 2.92 bits per heavy atom. The highest BCUT2D eigenvalue weighted by atomic mass is 19.3. The van der Waals surface area contributed by atoms with Crippen molar-refractivity contribution in [3.05, 3.63) is 11.9 Å². The van der Waals surface area contributed by atoms with Gasteiger partial charge in [-0.3, -0.25) is 4.79 Å². The number of hydrogen-bond acceptors (Lipinski definition) is 6. The topological polar surface area (TPSA) is 85.4 Å². The van der Waals surface area contributed by atoms with Gasteiger partial charge < -0.3 is 20.1 Å². The van der Waals surface area contributed by atoms with E-state index in [-0.39, 0.29) is 43.1 Å². The normalized spacial score (nSPS) is 22.7. The third-order valence-electron chi connectivity index (χ3n) is 4.13. The van der Waals surface area contributed by atoms with Crippen molar-refractivity contribution in [2.75, 3.05) is 13.7 Å². The average Bonchev–Trinajstić information content (AvgIpc) is 3.06. The van der Waals surface area contributed by atoms with Crippen LogP contribution in [-0.4, -0.2) is 47.6 Å². The Kier molecular flexibility index (Phi) is 4.79. The van der Waals surface area contributed by atoms with Gasteiger partial charge >= 0.3 is 0 Å². The number of carbonyl (C=O) groups excluding carboxylic acids is 1. The number of halogens is 2. The molecule has 1 aromatic rings. The van der Waals surface area contributed by atoms with Gasteiger partial charge in [0.05, 0.1) is 25.9 Å². The van der Waals surface area contributed by atoms with E-state index in [0.29, 0.717) is 5.69 Å². The second-order valence-corrected chi connectivity index (χ2v) is 6.04. The van der Waals surface area contributed by atoms with Crippen molar-refractivity contribution < 1.29 is 23.0 Å². The lowest BCUT2D eigenvalue weighted by Crippen LogP contribution is -2.43. The number of ether oxygens (including phenoxy) is 2. The van der Waals surface area contributed by atoms with Crippen LogP contribution in [0, 0.1) is 0 Å². The monoisotopic (exact) mass is 342 g/mol. The zero-order valence-corrected chi connectivity index (χ0v) is 13.3. The van der Waals surface area contributed by atoms with Gasteiger partial charge in [-0.05, 0) is 19.4 Å². The van der Waals surface area contributed by atoms with Crippen LogP contribution in [0.4, 0.5) is 8.78 Å². The molecule has 9 heteroatoms. The molecule has 132 valence electrons. The zero-order valence-electron chi connectivity index (χ0n) is 13.3. The van der Waals surface area contributed by atoms with Crippen LogP contribution in [0.1, 0.15) is 31.4 Å². The molecular weight excluding hydrogens is 322 g/mol. The van der Waals surface area contributed by atoms with E-state index in [9.17, 15) is 13.6 Å². The summed E-state index contributed by atoms with van der Waals surface area (Å²) in [6, 6.07) is -0.174. The van der Waals surface area contributed by atoms with Crippen molar-refractivity contribution >= 4 is 5.91 Å². The van der Waals surface area contributed by atoms with Crippen molar-refractivity contribution in [1.82, 2.24) is 20.6 Å². The summed E-state index contributed by atoms with van der Waals surface area (Å²) in [5, 5.41) is 5.90. The molecule has 0 radical (unpaired) electrons. The summed E-state index contributed by atoms with van der Waals surface area (Å²) >= 11 is 0. The standard InChI is InChI=1S/C15H20F2N4O3/c1-23-14-11(7-20-13(22)10-3-2-4-18-10)19-8-12(21-14)24-9-5-15(16,17)6-9/h8-10,18H,2-7H2,1H3,(H,20,22)/t10-/m0/s1. The van der Waals surface area contributed by atoms with Crippen LogP contribution in [0.5, 0.6) is 11.8 Å². The first-order valence-corrected chi connectivity index (χ1v) is 7.92. The molecule has 2 aliphatic rings. The highest BCUT2D eigenvalue weighted by Gasteiger charge is 2.47. The lowest BCUT2D eigenvalue weighted by molar-refractivity contribution is -0.135. The Morgan fingerprint density at radius 2 is 2.29 bits per heavy atom. The number of methoxy groups -OCH3 is 1. The Hall–Kier alpha value is -2.03. The van der Waals surface area contributed by atoms with Crippen molar-refractivity contribution in [3.63, 3.8) is 0 Å². The first-order chi connectivity index (χ1) is 11.5. The Labute approximate surface area is 138 Å². The van der Waals surface area contributed by atoms with Crippen LogP contribution in [0.25, 0.3) is 0 Å². The number of carbonyl (C=O) groups is 1. The summed E-state index contributed by atoms with van der Waals surface area (Å²) in [5.41, 5.74) is 0.454. The first-order valence-electron chi connectivity index (χ1n) is 7.92. The van der Waals surface area contributed by atoms with Gasteiger partial charge in [0.25, 0.3) is 5.92 Å². The fourth-order valence-electron chi connectivity index (χ4n) is 2.79. The smallest absolute Gasteiger partial charge is 0.255 e. The lowest BCUT2D eigenvalue weighted by atomic mass is 9.91. The average molecular weight is 342 g/mol. The van der Waals surface area contributed by atoms with E-state index in [4.69, 9.17) is 9.47 Å². The molecule has 2 N–H and O–H groups in total. The quantitative estimate of drug-likeness (QED) is 0.803.